The normalized spacial score (nSPS) is 12.4. The van der Waals surface area contributed by atoms with Gasteiger partial charge in [0.2, 0.25) is 0 Å². The highest BCUT2D eigenvalue weighted by atomic mass is 19.1. The van der Waals surface area contributed by atoms with Gasteiger partial charge in [-0.05, 0) is 48.4 Å². The molecule has 0 saturated carbocycles. The van der Waals surface area contributed by atoms with Crippen molar-refractivity contribution in [3.05, 3.63) is 77.1 Å². The maximum absolute atomic E-state index is 15.1. The number of hydrogen-bond acceptors (Lipinski definition) is 5. The average molecular weight is 450 g/mol. The molecule has 7 nitrogen and oxygen atoms in total. The minimum Gasteiger partial charge on any atom is -0.496 e. The number of aromatic carboxylic acids is 1. The number of para-hydroxylation sites is 1. The number of nitrogens with zero attached hydrogens (tertiary/aromatic N) is 1. The van der Waals surface area contributed by atoms with Crippen molar-refractivity contribution >= 4 is 17.6 Å². The van der Waals surface area contributed by atoms with Gasteiger partial charge in [0, 0.05) is 29.9 Å². The highest BCUT2D eigenvalue weighted by Gasteiger charge is 2.30. The molecule has 4 rings (SSSR count). The van der Waals surface area contributed by atoms with Gasteiger partial charge in [-0.1, -0.05) is 18.2 Å². The predicted molar refractivity (Wildman–Crippen MR) is 122 cm³/mol. The van der Waals surface area contributed by atoms with E-state index in [1.54, 1.807) is 30.3 Å². The van der Waals surface area contributed by atoms with Crippen molar-refractivity contribution in [2.24, 2.45) is 5.73 Å². The summed E-state index contributed by atoms with van der Waals surface area (Å²) in [5.74, 6) is -1.22. The van der Waals surface area contributed by atoms with Gasteiger partial charge in [-0.15, -0.1) is 0 Å². The van der Waals surface area contributed by atoms with Crippen molar-refractivity contribution in [2.75, 3.05) is 31.7 Å². The number of ether oxygens (including phenoxy) is 2. The fourth-order valence-electron chi connectivity index (χ4n) is 3.96. The third kappa shape index (κ3) is 4.25. The quantitative estimate of drug-likeness (QED) is 0.569. The third-order valence-electron chi connectivity index (χ3n) is 5.54. The van der Waals surface area contributed by atoms with Crippen LogP contribution in [0.3, 0.4) is 0 Å². The van der Waals surface area contributed by atoms with E-state index in [0.29, 0.717) is 47.6 Å². The molecule has 1 heterocycles. The van der Waals surface area contributed by atoms with E-state index in [4.69, 9.17) is 15.2 Å². The maximum atomic E-state index is 15.1. The Morgan fingerprint density at radius 3 is 2.61 bits per heavy atom. The van der Waals surface area contributed by atoms with Gasteiger partial charge in [0.05, 0.1) is 18.2 Å². The number of carboxylic acid groups (broad SMARTS) is 1. The number of anilines is 1. The maximum Gasteiger partial charge on any atom is 0.335 e. The molecular weight excluding hydrogens is 427 g/mol. The minimum atomic E-state index is -1.15. The van der Waals surface area contributed by atoms with Crippen LogP contribution in [0, 0.1) is 5.82 Å². The number of benzene rings is 3. The van der Waals surface area contributed by atoms with Gasteiger partial charge in [-0.2, -0.15) is 0 Å². The number of rotatable bonds is 7. The fraction of sp³-hybridized carbons (Fsp3) is 0.200. The van der Waals surface area contributed by atoms with E-state index in [2.05, 4.69) is 0 Å². The highest BCUT2D eigenvalue weighted by Crippen LogP contribution is 2.39. The number of fused-ring (bicyclic) bond motifs is 1. The second-order valence-electron chi connectivity index (χ2n) is 7.52. The Morgan fingerprint density at radius 1 is 1.09 bits per heavy atom. The van der Waals surface area contributed by atoms with Crippen molar-refractivity contribution in [2.45, 2.75) is 6.42 Å². The van der Waals surface area contributed by atoms with Crippen LogP contribution in [-0.2, 0) is 6.42 Å². The van der Waals surface area contributed by atoms with E-state index in [9.17, 15) is 14.7 Å². The molecule has 0 unspecified atom stereocenters. The van der Waals surface area contributed by atoms with Crippen molar-refractivity contribution in [1.82, 2.24) is 0 Å². The molecule has 0 radical (unpaired) electrons. The van der Waals surface area contributed by atoms with Gasteiger partial charge < -0.3 is 25.2 Å². The molecule has 0 aromatic heterocycles. The van der Waals surface area contributed by atoms with Crippen LogP contribution in [0.25, 0.3) is 11.1 Å². The minimum absolute atomic E-state index is 0.0238. The number of nitrogens with two attached hydrogens (primary N) is 1. The van der Waals surface area contributed by atoms with Crippen molar-refractivity contribution < 1.29 is 28.6 Å². The Morgan fingerprint density at radius 2 is 1.88 bits per heavy atom. The lowest BCUT2D eigenvalue weighted by molar-refractivity contribution is 0.0697. The summed E-state index contributed by atoms with van der Waals surface area (Å²) >= 11 is 0. The topological polar surface area (TPSA) is 102 Å². The molecule has 1 aliphatic rings. The zero-order chi connectivity index (χ0) is 23.5. The Bertz CT molecular complexity index is 1230. The summed E-state index contributed by atoms with van der Waals surface area (Å²) in [4.78, 5) is 26.4. The lowest BCUT2D eigenvalue weighted by Gasteiger charge is -2.20. The Hall–Kier alpha value is -3.91. The summed E-state index contributed by atoms with van der Waals surface area (Å²) in [5, 5.41) is 9.33. The van der Waals surface area contributed by atoms with Gasteiger partial charge in [0.1, 0.15) is 23.9 Å². The van der Waals surface area contributed by atoms with Crippen LogP contribution in [-0.4, -0.2) is 43.8 Å². The second kappa shape index (κ2) is 9.30. The van der Waals surface area contributed by atoms with E-state index >= 15 is 4.39 Å². The largest absolute Gasteiger partial charge is 0.496 e. The standard InChI is InChI=1S/C25H23FN2O5/c1-32-22-7-6-16(25(30)31)12-19(22)24(29)28-10-8-15-13-20(26)18(14-21(15)28)17-4-2-3-5-23(17)33-11-9-27/h2-7,12-14H,8-11,27H2,1H3,(H,30,31). The summed E-state index contributed by atoms with van der Waals surface area (Å²) < 4.78 is 26.0. The number of amides is 1. The smallest absolute Gasteiger partial charge is 0.335 e. The van der Waals surface area contributed by atoms with Crippen LogP contribution < -0.4 is 20.1 Å². The fourth-order valence-corrected chi connectivity index (χ4v) is 3.96. The van der Waals surface area contributed by atoms with Crippen LogP contribution in [0.1, 0.15) is 26.3 Å². The zero-order valence-corrected chi connectivity index (χ0v) is 18.0. The van der Waals surface area contributed by atoms with Gasteiger partial charge in [-0.25, -0.2) is 9.18 Å². The number of carbonyl (C=O) groups is 2. The Balaban J connectivity index is 1.76. The SMILES string of the molecule is COc1ccc(C(=O)O)cc1C(=O)N1CCc2cc(F)c(-c3ccccc3OCCN)cc21. The molecule has 0 spiro atoms. The lowest BCUT2D eigenvalue weighted by Crippen LogP contribution is -2.29. The van der Waals surface area contributed by atoms with E-state index < -0.39 is 17.7 Å². The monoisotopic (exact) mass is 450 g/mol. The molecule has 1 aliphatic heterocycles. The Kier molecular flexibility index (Phi) is 6.28. The number of methoxy groups -OCH3 is 1. The van der Waals surface area contributed by atoms with Gasteiger partial charge >= 0.3 is 5.97 Å². The van der Waals surface area contributed by atoms with E-state index in [0.717, 1.165) is 0 Å². The first-order valence-corrected chi connectivity index (χ1v) is 10.4. The molecule has 33 heavy (non-hydrogen) atoms. The summed E-state index contributed by atoms with van der Waals surface area (Å²) in [6.07, 6.45) is 0.477. The van der Waals surface area contributed by atoms with E-state index in [-0.39, 0.29) is 23.5 Å². The first kappa shape index (κ1) is 22.3. The summed E-state index contributed by atoms with van der Waals surface area (Å²) in [7, 11) is 1.41. The summed E-state index contributed by atoms with van der Waals surface area (Å²) in [5.41, 5.74) is 7.75. The molecular formula is C25H23FN2O5. The van der Waals surface area contributed by atoms with Crippen molar-refractivity contribution in [3.63, 3.8) is 0 Å². The van der Waals surface area contributed by atoms with Gasteiger partial charge in [-0.3, -0.25) is 4.79 Å². The molecule has 1 amide bonds. The number of hydrogen-bond donors (Lipinski definition) is 2. The summed E-state index contributed by atoms with van der Waals surface area (Å²) in [6, 6.07) is 14.2. The molecule has 3 N–H and O–H groups in total. The first-order valence-electron chi connectivity index (χ1n) is 10.4. The highest BCUT2D eigenvalue weighted by molar-refractivity contribution is 6.10. The van der Waals surface area contributed by atoms with Crippen molar-refractivity contribution in [3.8, 4) is 22.6 Å². The van der Waals surface area contributed by atoms with Crippen LogP contribution in [0.15, 0.2) is 54.6 Å². The molecule has 0 fully saturated rings. The van der Waals surface area contributed by atoms with Crippen LogP contribution in [0.4, 0.5) is 10.1 Å². The molecule has 0 bridgehead atoms. The van der Waals surface area contributed by atoms with Crippen molar-refractivity contribution in [1.29, 1.82) is 0 Å². The lowest BCUT2D eigenvalue weighted by atomic mass is 10.0. The van der Waals surface area contributed by atoms with Crippen LogP contribution in [0.2, 0.25) is 0 Å². The average Bonchev–Trinajstić information content (AvgIpc) is 3.24. The number of carboxylic acids is 1. The summed E-state index contributed by atoms with van der Waals surface area (Å²) in [6.45, 7) is 0.942. The first-order chi connectivity index (χ1) is 15.9. The molecule has 8 heteroatoms. The molecule has 3 aromatic carbocycles. The zero-order valence-electron chi connectivity index (χ0n) is 18.0. The predicted octanol–water partition coefficient (Wildman–Crippen LogP) is 3.74. The third-order valence-corrected chi connectivity index (χ3v) is 5.54. The molecule has 0 saturated heterocycles. The van der Waals surface area contributed by atoms with Crippen LogP contribution >= 0.6 is 0 Å². The second-order valence-corrected chi connectivity index (χ2v) is 7.52. The molecule has 0 aliphatic carbocycles. The van der Waals surface area contributed by atoms with E-state index in [1.165, 1.54) is 36.3 Å². The van der Waals surface area contributed by atoms with E-state index in [1.807, 2.05) is 0 Å². The Labute approximate surface area is 190 Å². The van der Waals surface area contributed by atoms with Gasteiger partial charge in [0.15, 0.2) is 0 Å². The number of halogens is 1. The molecule has 0 atom stereocenters. The number of carbonyl (C=O) groups excluding carboxylic acids is 1. The molecule has 170 valence electrons. The molecule has 3 aromatic rings. The van der Waals surface area contributed by atoms with Crippen LogP contribution in [0.5, 0.6) is 11.5 Å². The van der Waals surface area contributed by atoms with Gasteiger partial charge in [0.25, 0.3) is 5.91 Å².